The van der Waals surface area contributed by atoms with E-state index in [0.29, 0.717) is 6.61 Å². The standard InChI is InChI=1S/C18H17NOS/c1-3-20-18-13(2)21-16-12-8-7-11-15(16)19-17(18)14-9-5-4-6-10-14/h4-12H,3H2,1-2H3. The molecule has 2 nitrogen and oxygen atoms in total. The molecule has 0 spiro atoms. The van der Waals surface area contributed by atoms with Crippen molar-refractivity contribution in [2.45, 2.75) is 18.7 Å². The number of allylic oxidation sites excluding steroid dienone is 2. The average Bonchev–Trinajstić information content (AvgIpc) is 2.66. The molecule has 0 atom stereocenters. The van der Waals surface area contributed by atoms with Crippen molar-refractivity contribution in [1.29, 1.82) is 0 Å². The van der Waals surface area contributed by atoms with Gasteiger partial charge in [-0.1, -0.05) is 54.2 Å². The minimum absolute atomic E-state index is 0.634. The van der Waals surface area contributed by atoms with Crippen LogP contribution < -0.4 is 0 Å². The van der Waals surface area contributed by atoms with E-state index in [9.17, 15) is 0 Å². The van der Waals surface area contributed by atoms with Crippen LogP contribution in [0.5, 0.6) is 0 Å². The normalized spacial score (nSPS) is 14.3. The highest BCUT2D eigenvalue weighted by Crippen LogP contribution is 2.40. The van der Waals surface area contributed by atoms with Crippen molar-refractivity contribution in [3.05, 3.63) is 70.8 Å². The summed E-state index contributed by atoms with van der Waals surface area (Å²) in [6.45, 7) is 4.73. The molecule has 0 fully saturated rings. The Morgan fingerprint density at radius 3 is 2.48 bits per heavy atom. The van der Waals surface area contributed by atoms with E-state index in [-0.39, 0.29) is 0 Å². The fraction of sp³-hybridized carbons (Fsp3) is 0.167. The molecule has 0 bridgehead atoms. The quantitative estimate of drug-likeness (QED) is 0.778. The maximum Gasteiger partial charge on any atom is 0.155 e. The second-order valence-corrected chi connectivity index (χ2v) is 5.97. The lowest BCUT2D eigenvalue weighted by Crippen LogP contribution is -2.09. The summed E-state index contributed by atoms with van der Waals surface area (Å²) in [5.74, 6) is 0.880. The van der Waals surface area contributed by atoms with Crippen LogP contribution >= 0.6 is 11.8 Å². The first-order valence-electron chi connectivity index (χ1n) is 7.04. The summed E-state index contributed by atoms with van der Waals surface area (Å²) in [7, 11) is 0. The van der Waals surface area contributed by atoms with Gasteiger partial charge < -0.3 is 4.74 Å². The SMILES string of the molecule is CCOC1=C(C)Sc2ccccc2N=C1c1ccccc1. The van der Waals surface area contributed by atoms with Crippen molar-refractivity contribution in [3.8, 4) is 0 Å². The van der Waals surface area contributed by atoms with Crippen LogP contribution in [0.3, 0.4) is 0 Å². The molecule has 1 aliphatic heterocycles. The molecule has 21 heavy (non-hydrogen) atoms. The number of para-hydroxylation sites is 1. The molecule has 3 heteroatoms. The minimum Gasteiger partial charge on any atom is -0.491 e. The van der Waals surface area contributed by atoms with E-state index in [4.69, 9.17) is 9.73 Å². The molecular weight excluding hydrogens is 278 g/mol. The number of fused-ring (bicyclic) bond motifs is 1. The summed E-state index contributed by atoms with van der Waals surface area (Å²) in [5.41, 5.74) is 2.99. The molecule has 3 rings (SSSR count). The van der Waals surface area contributed by atoms with Crippen molar-refractivity contribution in [3.63, 3.8) is 0 Å². The Kier molecular flexibility index (Phi) is 4.11. The first-order chi connectivity index (χ1) is 10.3. The van der Waals surface area contributed by atoms with E-state index >= 15 is 0 Å². The third-order valence-corrected chi connectivity index (χ3v) is 4.29. The van der Waals surface area contributed by atoms with Gasteiger partial charge in [-0.15, -0.1) is 0 Å². The van der Waals surface area contributed by atoms with Gasteiger partial charge in [-0.3, -0.25) is 0 Å². The second kappa shape index (κ2) is 6.19. The average molecular weight is 295 g/mol. The van der Waals surface area contributed by atoms with E-state index in [1.165, 1.54) is 0 Å². The smallest absolute Gasteiger partial charge is 0.155 e. The van der Waals surface area contributed by atoms with Crippen LogP contribution in [-0.2, 0) is 4.74 Å². The Balaban J connectivity index is 2.19. The van der Waals surface area contributed by atoms with Gasteiger partial charge in [0.15, 0.2) is 5.76 Å². The molecule has 0 radical (unpaired) electrons. The van der Waals surface area contributed by atoms with Gasteiger partial charge in [0.2, 0.25) is 0 Å². The van der Waals surface area contributed by atoms with Crippen LogP contribution in [0.1, 0.15) is 19.4 Å². The monoisotopic (exact) mass is 295 g/mol. The van der Waals surface area contributed by atoms with Gasteiger partial charge in [0.1, 0.15) is 5.71 Å². The molecule has 106 valence electrons. The zero-order valence-electron chi connectivity index (χ0n) is 12.2. The zero-order valence-corrected chi connectivity index (χ0v) is 13.0. The van der Waals surface area contributed by atoms with Gasteiger partial charge in [-0.2, -0.15) is 0 Å². The lowest BCUT2D eigenvalue weighted by molar-refractivity contribution is 0.248. The Morgan fingerprint density at radius 1 is 1.00 bits per heavy atom. The van der Waals surface area contributed by atoms with Gasteiger partial charge in [0.25, 0.3) is 0 Å². The summed E-state index contributed by atoms with van der Waals surface area (Å²) in [6, 6.07) is 18.4. The Hall–Kier alpha value is -2.00. The van der Waals surface area contributed by atoms with Crippen LogP contribution in [0.15, 0.2) is 75.1 Å². The van der Waals surface area contributed by atoms with Crippen molar-refractivity contribution >= 4 is 23.2 Å². The predicted octanol–water partition coefficient (Wildman–Crippen LogP) is 5.18. The summed E-state index contributed by atoms with van der Waals surface area (Å²) in [5, 5.41) is 0. The molecule has 0 aromatic heterocycles. The lowest BCUT2D eigenvalue weighted by atomic mass is 10.1. The fourth-order valence-corrected chi connectivity index (χ4v) is 3.23. The van der Waals surface area contributed by atoms with Gasteiger partial charge in [0.05, 0.1) is 12.3 Å². The van der Waals surface area contributed by atoms with E-state index < -0.39 is 0 Å². The first kappa shape index (κ1) is 14.0. The summed E-state index contributed by atoms with van der Waals surface area (Å²) in [6.07, 6.45) is 0. The number of ether oxygens (including phenoxy) is 1. The number of hydrogen-bond donors (Lipinski definition) is 0. The molecule has 1 aliphatic rings. The maximum atomic E-state index is 5.90. The van der Waals surface area contributed by atoms with E-state index in [1.54, 1.807) is 11.8 Å². The predicted molar refractivity (Wildman–Crippen MR) is 89.3 cm³/mol. The van der Waals surface area contributed by atoms with E-state index in [1.807, 2.05) is 43.3 Å². The van der Waals surface area contributed by atoms with Crippen LogP contribution in [0.25, 0.3) is 0 Å². The highest BCUT2D eigenvalue weighted by Gasteiger charge is 2.20. The van der Waals surface area contributed by atoms with E-state index in [2.05, 4.69) is 25.1 Å². The third kappa shape index (κ3) is 2.88. The molecule has 1 heterocycles. The molecule has 0 saturated heterocycles. The molecule has 0 saturated carbocycles. The molecule has 2 aromatic rings. The number of rotatable bonds is 3. The molecule has 0 unspecified atom stereocenters. The van der Waals surface area contributed by atoms with Crippen molar-refractivity contribution in [2.75, 3.05) is 6.61 Å². The molecule has 0 aliphatic carbocycles. The fourth-order valence-electron chi connectivity index (χ4n) is 2.29. The minimum atomic E-state index is 0.634. The second-order valence-electron chi connectivity index (χ2n) is 4.71. The summed E-state index contributed by atoms with van der Waals surface area (Å²) >= 11 is 1.72. The molecular formula is C18H17NOS. The van der Waals surface area contributed by atoms with Crippen LogP contribution in [0.2, 0.25) is 0 Å². The highest BCUT2D eigenvalue weighted by molar-refractivity contribution is 8.03. The van der Waals surface area contributed by atoms with Gasteiger partial charge in [-0.25, -0.2) is 4.99 Å². The van der Waals surface area contributed by atoms with Gasteiger partial charge >= 0.3 is 0 Å². The first-order valence-corrected chi connectivity index (χ1v) is 7.86. The lowest BCUT2D eigenvalue weighted by Gasteiger charge is -2.13. The molecule has 0 amide bonds. The Labute approximate surface area is 129 Å². The maximum absolute atomic E-state index is 5.90. The largest absolute Gasteiger partial charge is 0.491 e. The number of thioether (sulfide) groups is 1. The Bertz CT molecular complexity index is 704. The van der Waals surface area contributed by atoms with Crippen molar-refractivity contribution in [1.82, 2.24) is 0 Å². The molecule has 0 N–H and O–H groups in total. The van der Waals surface area contributed by atoms with Crippen molar-refractivity contribution < 1.29 is 4.74 Å². The van der Waals surface area contributed by atoms with Gasteiger partial charge in [0, 0.05) is 15.4 Å². The summed E-state index contributed by atoms with van der Waals surface area (Å²) < 4.78 is 5.90. The molecule has 2 aromatic carbocycles. The van der Waals surface area contributed by atoms with E-state index in [0.717, 1.165) is 32.5 Å². The number of nitrogens with zero attached hydrogens (tertiary/aromatic N) is 1. The number of benzene rings is 2. The van der Waals surface area contributed by atoms with Crippen LogP contribution in [0.4, 0.5) is 5.69 Å². The number of aliphatic imine (C=N–C) groups is 1. The van der Waals surface area contributed by atoms with Gasteiger partial charge in [-0.05, 0) is 26.0 Å². The topological polar surface area (TPSA) is 21.6 Å². The van der Waals surface area contributed by atoms with Crippen LogP contribution in [0, 0.1) is 0 Å². The zero-order chi connectivity index (χ0) is 14.7. The Morgan fingerprint density at radius 2 is 1.71 bits per heavy atom. The van der Waals surface area contributed by atoms with Crippen LogP contribution in [-0.4, -0.2) is 12.3 Å². The number of hydrogen-bond acceptors (Lipinski definition) is 3. The summed E-state index contributed by atoms with van der Waals surface area (Å²) in [4.78, 5) is 7.18. The third-order valence-electron chi connectivity index (χ3n) is 3.23. The highest BCUT2D eigenvalue weighted by atomic mass is 32.2. The van der Waals surface area contributed by atoms with Crippen molar-refractivity contribution in [2.24, 2.45) is 4.99 Å².